The Morgan fingerprint density at radius 1 is 1.28 bits per heavy atom. The maximum atomic E-state index is 6.08. The van der Waals surface area contributed by atoms with E-state index in [1.165, 1.54) is 0 Å². The van der Waals surface area contributed by atoms with Crippen LogP contribution < -0.4 is 5.73 Å². The average Bonchev–Trinajstić information content (AvgIpc) is 2.85. The molecule has 1 aromatic carbocycles. The zero-order valence-electron chi connectivity index (χ0n) is 10.5. The van der Waals surface area contributed by atoms with Crippen LogP contribution in [-0.4, -0.2) is 15.4 Å². The molecule has 0 aliphatic rings. The van der Waals surface area contributed by atoms with E-state index in [2.05, 4.69) is 24.0 Å². The minimum atomic E-state index is -0.350. The molecule has 1 atom stereocenters. The van der Waals surface area contributed by atoms with Crippen molar-refractivity contribution >= 4 is 11.8 Å². The molecule has 96 valence electrons. The molecule has 0 spiro atoms. The molecule has 4 nitrogen and oxygen atoms in total. The number of benzene rings is 1. The quantitative estimate of drug-likeness (QED) is 0.898. The Balaban J connectivity index is 2.06. The third-order valence-corrected chi connectivity index (χ3v) is 3.55. The van der Waals surface area contributed by atoms with Gasteiger partial charge in [-0.2, -0.15) is 16.7 Å². The number of hydrogen-bond acceptors (Lipinski definition) is 5. The molecule has 0 aliphatic carbocycles. The zero-order chi connectivity index (χ0) is 13.0. The van der Waals surface area contributed by atoms with Crippen molar-refractivity contribution in [2.45, 2.75) is 30.9 Å². The Morgan fingerprint density at radius 2 is 2.00 bits per heavy atom. The smallest absolute Gasteiger partial charge is 0.248 e. The highest BCUT2D eigenvalue weighted by molar-refractivity contribution is 7.99. The zero-order valence-corrected chi connectivity index (χ0v) is 11.4. The summed E-state index contributed by atoms with van der Waals surface area (Å²) in [6.45, 7) is 4.28. The summed E-state index contributed by atoms with van der Waals surface area (Å²) in [5.41, 5.74) is 7.06. The Labute approximate surface area is 111 Å². The largest absolute Gasteiger partial charge is 0.337 e. The van der Waals surface area contributed by atoms with Crippen molar-refractivity contribution in [1.29, 1.82) is 0 Å². The molecule has 5 heteroatoms. The molecule has 2 aromatic rings. The maximum Gasteiger partial charge on any atom is 0.248 e. The second kappa shape index (κ2) is 6.02. The minimum absolute atomic E-state index is 0.350. The lowest BCUT2D eigenvalue weighted by atomic mass is 10.1. The molecule has 0 fully saturated rings. The molecule has 0 saturated heterocycles. The number of hydrogen-bond donors (Lipinski definition) is 1. The highest BCUT2D eigenvalue weighted by Gasteiger charge is 2.16. The van der Waals surface area contributed by atoms with Crippen molar-refractivity contribution < 1.29 is 4.52 Å². The van der Waals surface area contributed by atoms with E-state index in [4.69, 9.17) is 10.3 Å². The highest BCUT2D eigenvalue weighted by Crippen LogP contribution is 2.20. The summed E-state index contributed by atoms with van der Waals surface area (Å²) >= 11 is 1.78. The molecule has 2 N–H and O–H groups in total. The van der Waals surface area contributed by atoms with Crippen LogP contribution in [0, 0.1) is 0 Å². The van der Waals surface area contributed by atoms with E-state index >= 15 is 0 Å². The maximum absolute atomic E-state index is 6.08. The molecule has 2 rings (SSSR count). The van der Waals surface area contributed by atoms with Crippen molar-refractivity contribution in [3.8, 4) is 0 Å². The van der Waals surface area contributed by atoms with E-state index in [1.807, 2.05) is 30.3 Å². The molecule has 0 amide bonds. The Bertz CT molecular complexity index is 484. The number of nitrogens with two attached hydrogens (primary N) is 1. The van der Waals surface area contributed by atoms with Gasteiger partial charge in [0, 0.05) is 0 Å². The Morgan fingerprint density at radius 3 is 2.67 bits per heavy atom. The number of aromatic nitrogens is 2. The van der Waals surface area contributed by atoms with Crippen LogP contribution in [0.5, 0.6) is 0 Å². The van der Waals surface area contributed by atoms with E-state index in [0.717, 1.165) is 11.3 Å². The Kier molecular flexibility index (Phi) is 4.38. The van der Waals surface area contributed by atoms with E-state index in [9.17, 15) is 0 Å². The van der Waals surface area contributed by atoms with Crippen molar-refractivity contribution in [3.05, 3.63) is 47.6 Å². The van der Waals surface area contributed by atoms with E-state index in [1.54, 1.807) is 11.8 Å². The van der Waals surface area contributed by atoms with Gasteiger partial charge >= 0.3 is 0 Å². The fourth-order valence-corrected chi connectivity index (χ4v) is 2.10. The van der Waals surface area contributed by atoms with Gasteiger partial charge in [0.2, 0.25) is 5.89 Å². The van der Waals surface area contributed by atoms with Crippen molar-refractivity contribution in [2.75, 3.05) is 0 Å². The summed E-state index contributed by atoms with van der Waals surface area (Å²) in [6, 6.07) is 9.41. The second-order valence-corrected chi connectivity index (χ2v) is 5.86. The van der Waals surface area contributed by atoms with Crippen LogP contribution in [0.1, 0.15) is 37.2 Å². The molecular formula is C13H17N3OS. The van der Waals surface area contributed by atoms with Crippen molar-refractivity contribution in [1.82, 2.24) is 10.1 Å². The van der Waals surface area contributed by atoms with Crippen molar-refractivity contribution in [2.24, 2.45) is 5.73 Å². The number of nitrogens with zero attached hydrogens (tertiary/aromatic N) is 2. The van der Waals surface area contributed by atoms with Gasteiger partial charge in [-0.15, -0.1) is 0 Å². The van der Waals surface area contributed by atoms with Gasteiger partial charge in [0.05, 0.1) is 5.75 Å². The van der Waals surface area contributed by atoms with Crippen LogP contribution >= 0.6 is 11.8 Å². The lowest BCUT2D eigenvalue weighted by molar-refractivity contribution is 0.363. The third-order valence-electron chi connectivity index (χ3n) is 2.45. The van der Waals surface area contributed by atoms with Crippen LogP contribution in [0.25, 0.3) is 0 Å². The van der Waals surface area contributed by atoms with Crippen LogP contribution in [0.4, 0.5) is 0 Å². The second-order valence-electron chi connectivity index (χ2n) is 4.30. The average molecular weight is 263 g/mol. The van der Waals surface area contributed by atoms with Gasteiger partial charge in [-0.05, 0) is 10.8 Å². The normalized spacial score (nSPS) is 12.9. The molecule has 1 aromatic heterocycles. The molecule has 18 heavy (non-hydrogen) atoms. The predicted molar refractivity (Wildman–Crippen MR) is 73.2 cm³/mol. The van der Waals surface area contributed by atoms with Gasteiger partial charge in [-0.3, -0.25) is 0 Å². The molecule has 0 radical (unpaired) electrons. The molecule has 1 heterocycles. The fourth-order valence-electron chi connectivity index (χ4n) is 1.50. The fraction of sp³-hybridized carbons (Fsp3) is 0.385. The van der Waals surface area contributed by atoms with E-state index in [-0.39, 0.29) is 6.04 Å². The standard InChI is InChI=1S/C13H17N3OS/c1-9(2)18-8-11-15-13(17-16-11)12(14)10-6-4-3-5-7-10/h3-7,9,12H,8,14H2,1-2H3/t12-/m0/s1. The van der Waals surface area contributed by atoms with Crippen LogP contribution in [0.3, 0.4) is 0 Å². The summed E-state index contributed by atoms with van der Waals surface area (Å²) in [6.07, 6.45) is 0. The first-order valence-electron chi connectivity index (χ1n) is 5.91. The summed E-state index contributed by atoms with van der Waals surface area (Å²) < 4.78 is 5.21. The predicted octanol–water partition coefficient (Wildman–Crippen LogP) is 2.76. The number of rotatable bonds is 5. The minimum Gasteiger partial charge on any atom is -0.337 e. The van der Waals surface area contributed by atoms with Crippen LogP contribution in [0.15, 0.2) is 34.9 Å². The first-order valence-corrected chi connectivity index (χ1v) is 6.96. The first kappa shape index (κ1) is 13.1. The molecule has 0 unspecified atom stereocenters. The van der Waals surface area contributed by atoms with E-state index < -0.39 is 0 Å². The summed E-state index contributed by atoms with van der Waals surface area (Å²) in [5.74, 6) is 1.93. The molecule has 0 bridgehead atoms. The first-order chi connectivity index (χ1) is 8.66. The molecule has 0 saturated carbocycles. The monoisotopic (exact) mass is 263 g/mol. The van der Waals surface area contributed by atoms with Gasteiger partial charge < -0.3 is 10.3 Å². The van der Waals surface area contributed by atoms with Gasteiger partial charge in [0.15, 0.2) is 5.82 Å². The summed E-state index contributed by atoms with van der Waals surface area (Å²) in [4.78, 5) is 4.33. The van der Waals surface area contributed by atoms with Gasteiger partial charge in [0.25, 0.3) is 0 Å². The van der Waals surface area contributed by atoms with E-state index in [0.29, 0.717) is 17.0 Å². The SMILES string of the molecule is CC(C)SCc1noc([C@@H](N)c2ccccc2)n1. The topological polar surface area (TPSA) is 64.9 Å². The highest BCUT2D eigenvalue weighted by atomic mass is 32.2. The number of thioether (sulfide) groups is 1. The van der Waals surface area contributed by atoms with Gasteiger partial charge in [-0.1, -0.05) is 49.3 Å². The van der Waals surface area contributed by atoms with Crippen LogP contribution in [0.2, 0.25) is 0 Å². The lowest BCUT2D eigenvalue weighted by Crippen LogP contribution is -2.12. The van der Waals surface area contributed by atoms with Gasteiger partial charge in [0.1, 0.15) is 6.04 Å². The lowest BCUT2D eigenvalue weighted by Gasteiger charge is -2.05. The van der Waals surface area contributed by atoms with Crippen LogP contribution in [-0.2, 0) is 5.75 Å². The van der Waals surface area contributed by atoms with Gasteiger partial charge in [-0.25, -0.2) is 0 Å². The Hall–Kier alpha value is -1.33. The molecular weight excluding hydrogens is 246 g/mol. The summed E-state index contributed by atoms with van der Waals surface area (Å²) in [7, 11) is 0. The summed E-state index contributed by atoms with van der Waals surface area (Å²) in [5, 5.41) is 4.50. The van der Waals surface area contributed by atoms with Crippen molar-refractivity contribution in [3.63, 3.8) is 0 Å². The third kappa shape index (κ3) is 3.34. The molecule has 0 aliphatic heterocycles.